The van der Waals surface area contributed by atoms with Crippen molar-refractivity contribution in [3.05, 3.63) is 59.7 Å². The summed E-state index contributed by atoms with van der Waals surface area (Å²) in [6.07, 6.45) is 3.66. The lowest BCUT2D eigenvalue weighted by Gasteiger charge is -2.21. The van der Waals surface area contributed by atoms with Crippen LogP contribution in [-0.2, 0) is 0 Å². The van der Waals surface area contributed by atoms with Crippen molar-refractivity contribution in [3.63, 3.8) is 0 Å². The first-order valence-electron chi connectivity index (χ1n) is 11.4. The zero-order chi connectivity index (χ0) is 22.4. The number of amides is 2. The van der Waals surface area contributed by atoms with E-state index in [2.05, 4.69) is 29.6 Å². The summed E-state index contributed by atoms with van der Waals surface area (Å²) in [6, 6.07) is 16.5. The molecule has 1 saturated carbocycles. The fourth-order valence-electron chi connectivity index (χ4n) is 3.99. The van der Waals surface area contributed by atoms with Crippen LogP contribution in [0, 0.1) is 0 Å². The van der Waals surface area contributed by atoms with Crippen molar-refractivity contribution in [1.82, 2.24) is 10.2 Å². The Labute approximate surface area is 186 Å². The molecule has 3 rings (SSSR count). The number of rotatable bonds is 8. The third kappa shape index (κ3) is 6.39. The van der Waals surface area contributed by atoms with E-state index in [1.54, 1.807) is 11.9 Å². The predicted octanol–water partition coefficient (Wildman–Crippen LogP) is 5.91. The van der Waals surface area contributed by atoms with Crippen molar-refractivity contribution in [2.45, 2.75) is 71.1 Å². The summed E-state index contributed by atoms with van der Waals surface area (Å²) in [7, 11) is 1.79. The lowest BCUT2D eigenvalue weighted by molar-refractivity contribution is 0.207. The summed E-state index contributed by atoms with van der Waals surface area (Å²) in [5.41, 5.74) is 2.43. The SMILES string of the molecule is CCN(C)C(=O)N[C@@H](C)c1ccc(O[C@@H]2CCC(c3ccc(OC(C)C)cc3)C2)cc1. The molecule has 0 aliphatic heterocycles. The highest BCUT2D eigenvalue weighted by atomic mass is 16.5. The van der Waals surface area contributed by atoms with E-state index in [9.17, 15) is 4.79 Å². The second-order valence-electron chi connectivity index (χ2n) is 8.74. The van der Waals surface area contributed by atoms with Gasteiger partial charge in [0.05, 0.1) is 18.2 Å². The van der Waals surface area contributed by atoms with E-state index in [-0.39, 0.29) is 24.3 Å². The number of carbonyl (C=O) groups is 1. The molecule has 1 unspecified atom stereocenters. The monoisotopic (exact) mass is 424 g/mol. The van der Waals surface area contributed by atoms with Crippen LogP contribution >= 0.6 is 0 Å². The van der Waals surface area contributed by atoms with E-state index in [1.165, 1.54) is 5.56 Å². The molecular formula is C26H36N2O3. The number of nitrogens with one attached hydrogen (secondary N) is 1. The number of urea groups is 1. The standard InChI is InChI=1S/C26H36N2O3/c1-6-28(5)26(29)27-19(4)20-7-12-24(13-8-20)31-25-16-11-22(17-25)21-9-14-23(15-10-21)30-18(2)3/h7-10,12-15,18-19,22,25H,6,11,16-17H2,1-5H3,(H,27,29)/t19-,22?,25+/m0/s1. The lowest BCUT2D eigenvalue weighted by atomic mass is 9.97. The van der Waals surface area contributed by atoms with Crippen molar-refractivity contribution < 1.29 is 14.3 Å². The van der Waals surface area contributed by atoms with Gasteiger partial charge in [0.1, 0.15) is 11.5 Å². The van der Waals surface area contributed by atoms with Gasteiger partial charge >= 0.3 is 6.03 Å². The summed E-state index contributed by atoms with van der Waals surface area (Å²) in [6.45, 7) is 8.72. The second kappa shape index (κ2) is 10.6. The molecule has 1 N–H and O–H groups in total. The van der Waals surface area contributed by atoms with E-state index in [0.717, 1.165) is 36.3 Å². The van der Waals surface area contributed by atoms with Gasteiger partial charge in [-0.2, -0.15) is 0 Å². The van der Waals surface area contributed by atoms with E-state index in [1.807, 2.05) is 52.0 Å². The van der Waals surface area contributed by atoms with E-state index < -0.39 is 0 Å². The second-order valence-corrected chi connectivity index (χ2v) is 8.74. The molecule has 1 aliphatic rings. The van der Waals surface area contributed by atoms with Gasteiger partial charge in [0.25, 0.3) is 0 Å². The number of hydrogen-bond donors (Lipinski definition) is 1. The van der Waals surface area contributed by atoms with Crippen LogP contribution in [0.3, 0.4) is 0 Å². The van der Waals surface area contributed by atoms with Gasteiger partial charge in [-0.15, -0.1) is 0 Å². The molecule has 2 amide bonds. The average Bonchev–Trinajstić information content (AvgIpc) is 3.22. The van der Waals surface area contributed by atoms with Gasteiger partial charge in [-0.1, -0.05) is 24.3 Å². The van der Waals surface area contributed by atoms with Gasteiger partial charge in [0.2, 0.25) is 0 Å². The molecule has 2 aromatic carbocycles. The van der Waals surface area contributed by atoms with E-state index in [4.69, 9.17) is 9.47 Å². The first-order valence-corrected chi connectivity index (χ1v) is 11.4. The molecule has 0 radical (unpaired) electrons. The van der Waals surface area contributed by atoms with E-state index >= 15 is 0 Å². The third-order valence-corrected chi connectivity index (χ3v) is 5.95. The molecule has 0 bridgehead atoms. The van der Waals surface area contributed by atoms with Gasteiger partial charge in [0, 0.05) is 13.6 Å². The zero-order valence-corrected chi connectivity index (χ0v) is 19.4. The Morgan fingerprint density at radius 2 is 1.68 bits per heavy atom. The Bertz CT molecular complexity index is 833. The van der Waals surface area contributed by atoms with Crippen LogP contribution in [0.15, 0.2) is 48.5 Å². The minimum atomic E-state index is -0.0591. The predicted molar refractivity (Wildman–Crippen MR) is 125 cm³/mol. The summed E-state index contributed by atoms with van der Waals surface area (Å²) in [5.74, 6) is 2.35. The van der Waals surface area contributed by atoms with Crippen LogP contribution in [0.4, 0.5) is 4.79 Å². The highest BCUT2D eigenvalue weighted by Crippen LogP contribution is 2.37. The lowest BCUT2D eigenvalue weighted by Crippen LogP contribution is -2.38. The summed E-state index contributed by atoms with van der Waals surface area (Å²) >= 11 is 0. The normalized spacial score (nSPS) is 19.2. The minimum absolute atomic E-state index is 0.0472. The Morgan fingerprint density at radius 3 is 2.29 bits per heavy atom. The summed E-state index contributed by atoms with van der Waals surface area (Å²) < 4.78 is 12.0. The molecule has 5 heteroatoms. The van der Waals surface area contributed by atoms with Crippen LogP contribution in [-0.4, -0.2) is 36.7 Å². The molecule has 0 spiro atoms. The number of ether oxygens (including phenoxy) is 2. The van der Waals surface area contributed by atoms with Crippen molar-refractivity contribution in [1.29, 1.82) is 0 Å². The first-order chi connectivity index (χ1) is 14.9. The Kier molecular flexibility index (Phi) is 7.83. The van der Waals surface area contributed by atoms with Crippen LogP contribution in [0.5, 0.6) is 11.5 Å². The van der Waals surface area contributed by atoms with Gasteiger partial charge in [-0.05, 0) is 88.3 Å². The molecule has 31 heavy (non-hydrogen) atoms. The highest BCUT2D eigenvalue weighted by molar-refractivity contribution is 5.74. The number of hydrogen-bond acceptors (Lipinski definition) is 3. The van der Waals surface area contributed by atoms with Crippen molar-refractivity contribution in [2.24, 2.45) is 0 Å². The fraction of sp³-hybridized carbons (Fsp3) is 0.500. The van der Waals surface area contributed by atoms with Crippen molar-refractivity contribution in [3.8, 4) is 11.5 Å². The fourth-order valence-corrected chi connectivity index (χ4v) is 3.99. The maximum atomic E-state index is 12.1. The van der Waals surface area contributed by atoms with Crippen molar-refractivity contribution >= 4 is 6.03 Å². The largest absolute Gasteiger partial charge is 0.491 e. The topological polar surface area (TPSA) is 50.8 Å². The molecule has 1 fully saturated rings. The number of benzene rings is 2. The molecular weight excluding hydrogens is 388 g/mol. The summed E-state index contributed by atoms with van der Waals surface area (Å²) in [5, 5.41) is 3.01. The van der Waals surface area contributed by atoms with Gasteiger partial charge in [-0.25, -0.2) is 4.79 Å². The maximum absolute atomic E-state index is 12.1. The molecule has 2 aromatic rings. The molecule has 3 atom stereocenters. The van der Waals surface area contributed by atoms with E-state index in [0.29, 0.717) is 12.5 Å². The minimum Gasteiger partial charge on any atom is -0.491 e. The zero-order valence-electron chi connectivity index (χ0n) is 19.4. The van der Waals surface area contributed by atoms with Gasteiger partial charge in [-0.3, -0.25) is 0 Å². The summed E-state index contributed by atoms with van der Waals surface area (Å²) in [4.78, 5) is 13.7. The van der Waals surface area contributed by atoms with Crippen LogP contribution < -0.4 is 14.8 Å². The molecule has 0 aromatic heterocycles. The molecule has 5 nitrogen and oxygen atoms in total. The third-order valence-electron chi connectivity index (χ3n) is 5.95. The molecule has 1 aliphatic carbocycles. The average molecular weight is 425 g/mol. The van der Waals surface area contributed by atoms with Crippen LogP contribution in [0.25, 0.3) is 0 Å². The van der Waals surface area contributed by atoms with Crippen LogP contribution in [0.1, 0.15) is 70.0 Å². The highest BCUT2D eigenvalue weighted by Gasteiger charge is 2.27. The quantitative estimate of drug-likeness (QED) is 0.573. The van der Waals surface area contributed by atoms with Crippen LogP contribution in [0.2, 0.25) is 0 Å². The van der Waals surface area contributed by atoms with Gasteiger partial charge < -0.3 is 19.7 Å². The first kappa shape index (κ1) is 23.0. The Balaban J connectivity index is 1.51. The number of carbonyl (C=O) groups excluding carboxylic acids is 1. The van der Waals surface area contributed by atoms with Crippen molar-refractivity contribution in [2.75, 3.05) is 13.6 Å². The Hall–Kier alpha value is -2.69. The molecule has 0 heterocycles. The number of nitrogens with zero attached hydrogens (tertiary/aromatic N) is 1. The molecule has 168 valence electrons. The Morgan fingerprint density at radius 1 is 1.03 bits per heavy atom. The maximum Gasteiger partial charge on any atom is 0.317 e. The van der Waals surface area contributed by atoms with Gasteiger partial charge in [0.15, 0.2) is 0 Å². The smallest absolute Gasteiger partial charge is 0.317 e. The molecule has 0 saturated heterocycles.